The van der Waals surface area contributed by atoms with Gasteiger partial charge in [-0.2, -0.15) is 0 Å². The van der Waals surface area contributed by atoms with Crippen molar-refractivity contribution >= 4 is 6.03 Å². The molecule has 0 aliphatic carbocycles. The molecule has 20 heavy (non-hydrogen) atoms. The molecule has 4 heteroatoms. The number of hydrogen-bond acceptors (Lipinski definition) is 2. The van der Waals surface area contributed by atoms with Gasteiger partial charge in [-0.3, -0.25) is 0 Å². The Labute approximate surface area is 121 Å². The maximum atomic E-state index is 11.5. The van der Waals surface area contributed by atoms with E-state index in [0.29, 0.717) is 6.54 Å². The van der Waals surface area contributed by atoms with Gasteiger partial charge in [0.2, 0.25) is 0 Å². The fraction of sp³-hybridized carbons (Fsp3) is 0.562. The second-order valence-electron chi connectivity index (χ2n) is 4.84. The number of nitrogens with one attached hydrogen (secondary N) is 2. The summed E-state index contributed by atoms with van der Waals surface area (Å²) in [5.74, 6) is 0.853. The van der Waals surface area contributed by atoms with E-state index in [1.165, 1.54) is 24.8 Å². The summed E-state index contributed by atoms with van der Waals surface area (Å²) in [5, 5.41) is 5.75. The van der Waals surface area contributed by atoms with Crippen molar-refractivity contribution in [1.82, 2.24) is 10.6 Å². The number of benzene rings is 1. The van der Waals surface area contributed by atoms with Gasteiger partial charge in [0.1, 0.15) is 5.75 Å². The summed E-state index contributed by atoms with van der Waals surface area (Å²) in [4.78, 5) is 11.5. The number of urea groups is 1. The topological polar surface area (TPSA) is 50.4 Å². The summed E-state index contributed by atoms with van der Waals surface area (Å²) in [7, 11) is 1.65. The predicted molar refractivity (Wildman–Crippen MR) is 82.2 cm³/mol. The lowest BCUT2D eigenvalue weighted by molar-refractivity contribution is 0.241. The van der Waals surface area contributed by atoms with E-state index in [1.54, 1.807) is 7.11 Å². The van der Waals surface area contributed by atoms with E-state index in [1.807, 2.05) is 24.3 Å². The van der Waals surface area contributed by atoms with Gasteiger partial charge >= 0.3 is 6.03 Å². The maximum Gasteiger partial charge on any atom is 0.314 e. The highest BCUT2D eigenvalue weighted by Crippen LogP contribution is 2.11. The molecule has 0 bridgehead atoms. The summed E-state index contributed by atoms with van der Waals surface area (Å²) in [6.45, 7) is 3.58. The summed E-state index contributed by atoms with van der Waals surface area (Å²) in [6.07, 6.45) is 5.52. The molecule has 112 valence electrons. The number of amides is 2. The van der Waals surface area contributed by atoms with Crippen molar-refractivity contribution in [3.63, 3.8) is 0 Å². The molecule has 2 N–H and O–H groups in total. The minimum absolute atomic E-state index is 0.0741. The molecule has 2 amide bonds. The third-order valence-electron chi connectivity index (χ3n) is 3.17. The number of carbonyl (C=O) groups excluding carboxylic acids is 1. The van der Waals surface area contributed by atoms with Crippen LogP contribution in [0.1, 0.15) is 38.2 Å². The maximum absolute atomic E-state index is 11.5. The monoisotopic (exact) mass is 278 g/mol. The zero-order valence-electron chi connectivity index (χ0n) is 12.6. The van der Waals surface area contributed by atoms with Crippen LogP contribution in [0.3, 0.4) is 0 Å². The Bertz CT molecular complexity index is 377. The van der Waals surface area contributed by atoms with E-state index in [9.17, 15) is 4.79 Å². The van der Waals surface area contributed by atoms with Crippen molar-refractivity contribution < 1.29 is 9.53 Å². The van der Waals surface area contributed by atoms with Crippen molar-refractivity contribution in [3.05, 3.63) is 29.8 Å². The standard InChI is InChI=1S/C16H26N2O2/c1-3-4-5-6-12-17-16(19)18-13-11-14-7-9-15(20-2)10-8-14/h7-10H,3-6,11-13H2,1-2H3,(H2,17,18,19). The number of methoxy groups -OCH3 is 1. The van der Waals surface area contributed by atoms with Gasteiger partial charge in [0.05, 0.1) is 7.11 Å². The van der Waals surface area contributed by atoms with E-state index in [2.05, 4.69) is 17.6 Å². The molecule has 0 aromatic heterocycles. The van der Waals surface area contributed by atoms with Gasteiger partial charge in [0.15, 0.2) is 0 Å². The van der Waals surface area contributed by atoms with Crippen molar-refractivity contribution in [2.45, 2.75) is 39.0 Å². The van der Waals surface area contributed by atoms with Gasteiger partial charge in [-0.25, -0.2) is 4.79 Å². The minimum Gasteiger partial charge on any atom is -0.497 e. The van der Waals surface area contributed by atoms with Gasteiger partial charge in [-0.05, 0) is 30.5 Å². The molecule has 1 aromatic carbocycles. The molecule has 1 rings (SSSR count). The van der Waals surface area contributed by atoms with Gasteiger partial charge in [-0.15, -0.1) is 0 Å². The van der Waals surface area contributed by atoms with Gasteiger partial charge in [0.25, 0.3) is 0 Å². The second kappa shape index (κ2) is 10.1. The molecule has 0 atom stereocenters. The smallest absolute Gasteiger partial charge is 0.314 e. The van der Waals surface area contributed by atoms with E-state index in [4.69, 9.17) is 4.74 Å². The number of carbonyl (C=O) groups is 1. The average Bonchev–Trinajstić information content (AvgIpc) is 2.48. The molecular formula is C16H26N2O2. The first-order valence-electron chi connectivity index (χ1n) is 7.41. The summed E-state index contributed by atoms with van der Waals surface area (Å²) >= 11 is 0. The van der Waals surface area contributed by atoms with Crippen LogP contribution in [0.2, 0.25) is 0 Å². The summed E-state index contributed by atoms with van der Waals surface area (Å²) in [5.41, 5.74) is 1.19. The average molecular weight is 278 g/mol. The van der Waals surface area contributed by atoms with Crippen LogP contribution in [0.15, 0.2) is 24.3 Å². The van der Waals surface area contributed by atoms with Crippen molar-refractivity contribution in [3.8, 4) is 5.75 Å². The molecule has 1 aromatic rings. The van der Waals surface area contributed by atoms with Crippen molar-refractivity contribution in [1.29, 1.82) is 0 Å². The molecular weight excluding hydrogens is 252 g/mol. The Kier molecular flexibility index (Phi) is 8.27. The molecule has 0 spiro atoms. The quantitative estimate of drug-likeness (QED) is 0.682. The first kappa shape index (κ1) is 16.3. The van der Waals surface area contributed by atoms with E-state index >= 15 is 0 Å². The molecule has 4 nitrogen and oxygen atoms in total. The van der Waals surface area contributed by atoms with Crippen LogP contribution in [0, 0.1) is 0 Å². The fourth-order valence-corrected chi connectivity index (χ4v) is 1.93. The van der Waals surface area contributed by atoms with Crippen LogP contribution in [-0.4, -0.2) is 26.2 Å². The van der Waals surface area contributed by atoms with Crippen LogP contribution in [0.5, 0.6) is 5.75 Å². The molecule has 0 aliphatic rings. The van der Waals surface area contributed by atoms with Gasteiger partial charge in [0, 0.05) is 13.1 Å². The Balaban J connectivity index is 2.08. The number of hydrogen-bond donors (Lipinski definition) is 2. The van der Waals surface area contributed by atoms with Crippen LogP contribution in [0.4, 0.5) is 4.79 Å². The highest BCUT2D eigenvalue weighted by molar-refractivity contribution is 5.73. The Hall–Kier alpha value is -1.71. The number of ether oxygens (including phenoxy) is 1. The minimum atomic E-state index is -0.0741. The Morgan fingerprint density at radius 3 is 2.40 bits per heavy atom. The van der Waals surface area contributed by atoms with Crippen molar-refractivity contribution in [2.24, 2.45) is 0 Å². The van der Waals surface area contributed by atoms with Crippen LogP contribution in [-0.2, 0) is 6.42 Å². The lowest BCUT2D eigenvalue weighted by atomic mass is 10.1. The lowest BCUT2D eigenvalue weighted by Crippen LogP contribution is -2.37. The van der Waals surface area contributed by atoms with Crippen LogP contribution in [0.25, 0.3) is 0 Å². The van der Waals surface area contributed by atoms with Crippen LogP contribution < -0.4 is 15.4 Å². The molecule has 0 aliphatic heterocycles. The molecule has 0 saturated heterocycles. The fourth-order valence-electron chi connectivity index (χ4n) is 1.93. The first-order chi connectivity index (χ1) is 9.76. The molecule has 0 heterocycles. The van der Waals surface area contributed by atoms with Crippen molar-refractivity contribution in [2.75, 3.05) is 20.2 Å². The third kappa shape index (κ3) is 7.02. The lowest BCUT2D eigenvalue weighted by Gasteiger charge is -2.08. The van der Waals surface area contributed by atoms with Gasteiger partial charge in [-0.1, -0.05) is 38.3 Å². The third-order valence-corrected chi connectivity index (χ3v) is 3.17. The normalized spacial score (nSPS) is 10.1. The summed E-state index contributed by atoms with van der Waals surface area (Å²) in [6, 6.07) is 7.83. The van der Waals surface area contributed by atoms with Crippen LogP contribution >= 0.6 is 0 Å². The largest absolute Gasteiger partial charge is 0.497 e. The molecule has 0 fully saturated rings. The molecule has 0 radical (unpaired) electrons. The molecule has 0 unspecified atom stereocenters. The first-order valence-corrected chi connectivity index (χ1v) is 7.41. The van der Waals surface area contributed by atoms with E-state index in [0.717, 1.165) is 25.1 Å². The van der Waals surface area contributed by atoms with E-state index < -0.39 is 0 Å². The number of unbranched alkanes of at least 4 members (excludes halogenated alkanes) is 3. The zero-order valence-corrected chi connectivity index (χ0v) is 12.6. The van der Waals surface area contributed by atoms with E-state index in [-0.39, 0.29) is 6.03 Å². The Morgan fingerprint density at radius 2 is 1.75 bits per heavy atom. The second-order valence-corrected chi connectivity index (χ2v) is 4.84. The SMILES string of the molecule is CCCCCCNC(=O)NCCc1ccc(OC)cc1. The predicted octanol–water partition coefficient (Wildman–Crippen LogP) is 3.12. The highest BCUT2D eigenvalue weighted by atomic mass is 16.5. The van der Waals surface area contributed by atoms with Gasteiger partial charge < -0.3 is 15.4 Å². The number of rotatable bonds is 9. The molecule has 0 saturated carbocycles. The summed E-state index contributed by atoms with van der Waals surface area (Å²) < 4.78 is 5.10. The highest BCUT2D eigenvalue weighted by Gasteiger charge is 1.99. The zero-order chi connectivity index (χ0) is 14.6. The Morgan fingerprint density at radius 1 is 1.05 bits per heavy atom.